The molecule has 1 N–H and O–H groups in total. The van der Waals surface area contributed by atoms with Crippen LogP contribution in [0, 0.1) is 12.8 Å². The van der Waals surface area contributed by atoms with Crippen molar-refractivity contribution < 1.29 is 9.90 Å². The molecule has 2 fully saturated rings. The van der Waals surface area contributed by atoms with Gasteiger partial charge in [0.05, 0.1) is 11.2 Å². The monoisotopic (exact) mass is 350 g/mol. The number of nitrogens with zero attached hydrogens (tertiary/aromatic N) is 2. The second-order valence-electron chi connectivity index (χ2n) is 7.69. The van der Waals surface area contributed by atoms with Crippen LogP contribution in [0.5, 0.6) is 0 Å². The van der Waals surface area contributed by atoms with Crippen LogP contribution < -0.4 is 0 Å². The molecule has 1 aliphatic heterocycles. The van der Waals surface area contributed by atoms with Gasteiger partial charge in [-0.1, -0.05) is 43.2 Å². The summed E-state index contributed by atoms with van der Waals surface area (Å²) in [6.45, 7) is 2.54. The molecule has 2 aromatic rings. The molecule has 3 atom stereocenters. The summed E-state index contributed by atoms with van der Waals surface area (Å²) in [6, 6.07) is 12.0. The highest BCUT2D eigenvalue weighted by Gasteiger charge is 2.50. The van der Waals surface area contributed by atoms with E-state index in [9.17, 15) is 9.90 Å². The Hall–Kier alpha value is -2.20. The molecule has 1 saturated heterocycles. The van der Waals surface area contributed by atoms with Crippen LogP contribution in [0.15, 0.2) is 48.8 Å². The summed E-state index contributed by atoms with van der Waals surface area (Å²) < 4.78 is 0. The van der Waals surface area contributed by atoms with Gasteiger partial charge in [0.25, 0.3) is 5.91 Å². The lowest BCUT2D eigenvalue weighted by Crippen LogP contribution is -2.59. The predicted octanol–water partition coefficient (Wildman–Crippen LogP) is 3.68. The van der Waals surface area contributed by atoms with Crippen LogP contribution in [0.2, 0.25) is 0 Å². The Kier molecular flexibility index (Phi) is 4.53. The van der Waals surface area contributed by atoms with Gasteiger partial charge in [0.2, 0.25) is 0 Å². The SMILES string of the molecule is Cc1ccncc1C(=O)N1CC[C@](O)(c2ccccc2)[C@H]2CCCC[C@H]21. The molecule has 4 heteroatoms. The molecule has 1 aromatic heterocycles. The molecule has 2 aliphatic rings. The number of piperidine rings is 1. The van der Waals surface area contributed by atoms with Gasteiger partial charge in [-0.3, -0.25) is 9.78 Å². The van der Waals surface area contributed by atoms with E-state index in [-0.39, 0.29) is 17.9 Å². The lowest BCUT2D eigenvalue weighted by atomic mass is 9.66. The third-order valence-corrected chi connectivity index (χ3v) is 6.28. The van der Waals surface area contributed by atoms with Crippen LogP contribution in [0.25, 0.3) is 0 Å². The topological polar surface area (TPSA) is 53.4 Å². The van der Waals surface area contributed by atoms with Crippen molar-refractivity contribution in [2.24, 2.45) is 5.92 Å². The summed E-state index contributed by atoms with van der Waals surface area (Å²) in [6.07, 6.45) is 8.14. The third-order valence-electron chi connectivity index (χ3n) is 6.28. The first-order valence-corrected chi connectivity index (χ1v) is 9.61. The molecule has 1 aromatic carbocycles. The first-order valence-electron chi connectivity index (χ1n) is 9.61. The molecule has 26 heavy (non-hydrogen) atoms. The van der Waals surface area contributed by atoms with Crippen LogP contribution in [-0.2, 0) is 5.60 Å². The minimum Gasteiger partial charge on any atom is -0.385 e. The Labute approximate surface area is 154 Å². The minimum absolute atomic E-state index is 0.0580. The van der Waals surface area contributed by atoms with Crippen LogP contribution in [0.4, 0.5) is 0 Å². The van der Waals surface area contributed by atoms with Crippen molar-refractivity contribution in [1.29, 1.82) is 0 Å². The highest BCUT2D eigenvalue weighted by molar-refractivity contribution is 5.95. The number of fused-ring (bicyclic) bond motifs is 1. The van der Waals surface area contributed by atoms with E-state index in [4.69, 9.17) is 0 Å². The molecule has 1 saturated carbocycles. The van der Waals surface area contributed by atoms with Crippen LogP contribution in [0.3, 0.4) is 0 Å². The van der Waals surface area contributed by atoms with E-state index in [1.807, 2.05) is 48.2 Å². The summed E-state index contributed by atoms with van der Waals surface area (Å²) in [7, 11) is 0. The van der Waals surface area contributed by atoms with E-state index in [0.29, 0.717) is 18.5 Å². The number of pyridine rings is 1. The number of aliphatic hydroxyl groups is 1. The lowest BCUT2D eigenvalue weighted by Gasteiger charge is -2.52. The fourth-order valence-electron chi connectivity index (χ4n) is 4.86. The predicted molar refractivity (Wildman–Crippen MR) is 101 cm³/mol. The molecule has 0 unspecified atom stereocenters. The number of aryl methyl sites for hydroxylation is 1. The summed E-state index contributed by atoms with van der Waals surface area (Å²) in [5.74, 6) is 0.149. The Morgan fingerprint density at radius 1 is 1.19 bits per heavy atom. The van der Waals surface area contributed by atoms with Crippen LogP contribution in [-0.4, -0.2) is 33.5 Å². The molecule has 136 valence electrons. The quantitative estimate of drug-likeness (QED) is 0.899. The molecule has 1 amide bonds. The maximum absolute atomic E-state index is 13.2. The van der Waals surface area contributed by atoms with Gasteiger partial charge >= 0.3 is 0 Å². The first-order chi connectivity index (χ1) is 12.6. The lowest BCUT2D eigenvalue weighted by molar-refractivity contribution is -0.110. The van der Waals surface area contributed by atoms with Crippen molar-refractivity contribution in [3.05, 3.63) is 65.5 Å². The van der Waals surface area contributed by atoms with Crippen molar-refractivity contribution in [3.63, 3.8) is 0 Å². The maximum Gasteiger partial charge on any atom is 0.255 e. The Morgan fingerprint density at radius 2 is 1.96 bits per heavy atom. The summed E-state index contributed by atoms with van der Waals surface area (Å²) in [5.41, 5.74) is 1.79. The smallest absolute Gasteiger partial charge is 0.255 e. The number of likely N-dealkylation sites (tertiary alicyclic amines) is 1. The van der Waals surface area contributed by atoms with Gasteiger partial charge in [0, 0.05) is 30.9 Å². The van der Waals surface area contributed by atoms with E-state index in [0.717, 1.165) is 36.8 Å². The highest BCUT2D eigenvalue weighted by Crippen LogP contribution is 2.47. The number of benzene rings is 1. The van der Waals surface area contributed by atoms with Gasteiger partial charge in [0.1, 0.15) is 0 Å². The normalized spacial score (nSPS) is 28.5. The maximum atomic E-state index is 13.2. The zero-order valence-electron chi connectivity index (χ0n) is 15.3. The summed E-state index contributed by atoms with van der Waals surface area (Å²) in [5, 5.41) is 11.6. The molecule has 0 bridgehead atoms. The first kappa shape index (κ1) is 17.2. The molecular weight excluding hydrogens is 324 g/mol. The van der Waals surface area contributed by atoms with Crippen LogP contribution >= 0.6 is 0 Å². The van der Waals surface area contributed by atoms with Crippen LogP contribution in [0.1, 0.15) is 53.6 Å². The van der Waals surface area contributed by atoms with Crippen molar-refractivity contribution >= 4 is 5.91 Å². The van der Waals surface area contributed by atoms with Crippen molar-refractivity contribution in [2.75, 3.05) is 6.54 Å². The molecule has 0 spiro atoms. The van der Waals surface area contributed by atoms with Crippen molar-refractivity contribution in [3.8, 4) is 0 Å². The Bertz CT molecular complexity index is 792. The van der Waals surface area contributed by atoms with Gasteiger partial charge in [-0.15, -0.1) is 0 Å². The zero-order chi connectivity index (χ0) is 18.1. The van der Waals surface area contributed by atoms with Gasteiger partial charge in [-0.2, -0.15) is 0 Å². The minimum atomic E-state index is -0.840. The molecule has 4 nitrogen and oxygen atoms in total. The van der Waals surface area contributed by atoms with E-state index in [1.165, 1.54) is 0 Å². The second-order valence-corrected chi connectivity index (χ2v) is 7.69. The average Bonchev–Trinajstić information content (AvgIpc) is 2.69. The molecule has 4 rings (SSSR count). The summed E-state index contributed by atoms with van der Waals surface area (Å²) >= 11 is 0. The van der Waals surface area contributed by atoms with Gasteiger partial charge < -0.3 is 10.0 Å². The number of carbonyl (C=O) groups excluding carboxylic acids is 1. The average molecular weight is 350 g/mol. The zero-order valence-corrected chi connectivity index (χ0v) is 15.3. The fourth-order valence-corrected chi connectivity index (χ4v) is 4.86. The van der Waals surface area contributed by atoms with Gasteiger partial charge in [0.15, 0.2) is 0 Å². The number of amides is 1. The number of rotatable bonds is 2. The fraction of sp³-hybridized carbons (Fsp3) is 0.455. The number of hydrogen-bond donors (Lipinski definition) is 1. The number of hydrogen-bond acceptors (Lipinski definition) is 3. The number of carbonyl (C=O) groups is 1. The second kappa shape index (κ2) is 6.84. The standard InChI is InChI=1S/C22H26N2O2/c1-16-11-13-23-15-18(16)21(25)24-14-12-22(26,17-7-3-2-4-8-17)19-9-5-6-10-20(19)24/h2-4,7-8,11,13,15,19-20,26H,5-6,9-10,12,14H2,1H3/t19-,20+,22-/m0/s1. The molecule has 1 aliphatic carbocycles. The van der Waals surface area contributed by atoms with Crippen molar-refractivity contribution in [2.45, 2.75) is 50.7 Å². The van der Waals surface area contributed by atoms with E-state index < -0.39 is 5.60 Å². The Balaban J connectivity index is 1.67. The third kappa shape index (κ3) is 2.82. The summed E-state index contributed by atoms with van der Waals surface area (Å²) in [4.78, 5) is 19.4. The number of aromatic nitrogens is 1. The van der Waals surface area contributed by atoms with Gasteiger partial charge in [-0.25, -0.2) is 0 Å². The molecular formula is C22H26N2O2. The Morgan fingerprint density at radius 3 is 2.73 bits per heavy atom. The molecule has 0 radical (unpaired) electrons. The van der Waals surface area contributed by atoms with E-state index in [2.05, 4.69) is 4.98 Å². The van der Waals surface area contributed by atoms with Crippen molar-refractivity contribution in [1.82, 2.24) is 9.88 Å². The highest BCUT2D eigenvalue weighted by atomic mass is 16.3. The largest absolute Gasteiger partial charge is 0.385 e. The van der Waals surface area contributed by atoms with Gasteiger partial charge in [-0.05, 0) is 43.4 Å². The van der Waals surface area contributed by atoms with E-state index in [1.54, 1.807) is 12.4 Å². The van der Waals surface area contributed by atoms with E-state index >= 15 is 0 Å². The molecule has 2 heterocycles.